The predicted octanol–water partition coefficient (Wildman–Crippen LogP) is -0.427. The molecule has 0 saturated heterocycles. The molecule has 1 heterocycles. The first-order valence-electron chi connectivity index (χ1n) is 17.6. The molecule has 1 unspecified atom stereocenters. The van der Waals surface area contributed by atoms with Crippen LogP contribution in [0, 0.1) is 11.8 Å². The molecular weight excluding hydrogens is 632 g/mol. The summed E-state index contributed by atoms with van der Waals surface area (Å²) in [6.07, 6.45) is 3.75. The van der Waals surface area contributed by atoms with Crippen LogP contribution in [0.1, 0.15) is 75.5 Å². The van der Waals surface area contributed by atoms with Crippen molar-refractivity contribution in [3.05, 3.63) is 54.1 Å². The molecule has 14 nitrogen and oxygen atoms in total. The van der Waals surface area contributed by atoms with Gasteiger partial charge in [-0.15, -0.1) is 0 Å². The molecule has 14 heteroatoms. The summed E-state index contributed by atoms with van der Waals surface area (Å²) in [5.41, 5.74) is 7.41. The first-order chi connectivity index (χ1) is 23.5. The van der Waals surface area contributed by atoms with Crippen LogP contribution in [0.15, 0.2) is 42.9 Å². The molecule has 3 amide bonds. The number of hydrogen-bond donors (Lipinski definition) is 10. The Morgan fingerprint density at radius 3 is 2.10 bits per heavy atom. The Labute approximate surface area is 287 Å². The normalized spacial score (nSPS) is 22.9. The minimum Gasteiger partial charge on any atom is -0.394 e. The number of aliphatic hydroxyl groups is 5. The Morgan fingerprint density at radius 1 is 0.816 bits per heavy atom. The first-order valence-corrected chi connectivity index (χ1v) is 17.6. The van der Waals surface area contributed by atoms with Crippen LogP contribution in [-0.2, 0) is 27.2 Å². The Morgan fingerprint density at radius 2 is 1.47 bits per heavy atom. The van der Waals surface area contributed by atoms with E-state index in [9.17, 15) is 39.9 Å². The number of amides is 3. The van der Waals surface area contributed by atoms with Gasteiger partial charge in [0.2, 0.25) is 17.7 Å². The molecule has 1 aromatic carbocycles. The summed E-state index contributed by atoms with van der Waals surface area (Å²) in [5, 5.41) is 60.1. The van der Waals surface area contributed by atoms with Crippen molar-refractivity contribution in [2.24, 2.45) is 17.6 Å². The maximum atomic E-state index is 14.0. The summed E-state index contributed by atoms with van der Waals surface area (Å²) >= 11 is 0. The van der Waals surface area contributed by atoms with Crippen molar-refractivity contribution in [3.8, 4) is 0 Å². The van der Waals surface area contributed by atoms with E-state index in [0.29, 0.717) is 18.5 Å². The monoisotopic (exact) mass is 686 g/mol. The van der Waals surface area contributed by atoms with E-state index in [-0.39, 0.29) is 43.0 Å². The third-order valence-corrected chi connectivity index (χ3v) is 10.0. The summed E-state index contributed by atoms with van der Waals surface area (Å²) in [6.45, 7) is -0.835. The van der Waals surface area contributed by atoms with Crippen LogP contribution in [0.2, 0.25) is 0 Å². The van der Waals surface area contributed by atoms with Gasteiger partial charge in [-0.2, -0.15) is 0 Å². The molecule has 2 aromatic rings. The van der Waals surface area contributed by atoms with Gasteiger partial charge in [-0.3, -0.25) is 14.4 Å². The van der Waals surface area contributed by atoms with Crippen molar-refractivity contribution in [3.63, 3.8) is 0 Å². The van der Waals surface area contributed by atoms with Crippen molar-refractivity contribution in [2.45, 2.75) is 126 Å². The summed E-state index contributed by atoms with van der Waals surface area (Å²) in [5.74, 6) is -1.62. The van der Waals surface area contributed by atoms with E-state index >= 15 is 0 Å². The van der Waals surface area contributed by atoms with Gasteiger partial charge >= 0.3 is 0 Å². The van der Waals surface area contributed by atoms with Gasteiger partial charge in [0.25, 0.3) is 0 Å². The second-order valence-electron chi connectivity index (χ2n) is 13.8. The zero-order valence-corrected chi connectivity index (χ0v) is 28.0. The second-order valence-corrected chi connectivity index (χ2v) is 13.8. The first kappa shape index (κ1) is 38.4. The largest absolute Gasteiger partial charge is 0.394 e. The van der Waals surface area contributed by atoms with E-state index in [0.717, 1.165) is 50.5 Å². The minimum atomic E-state index is -1.88. The number of carbonyl (C=O) groups excluding carboxylic acids is 3. The highest BCUT2D eigenvalue weighted by atomic mass is 16.4. The summed E-state index contributed by atoms with van der Waals surface area (Å²) < 4.78 is 0. The van der Waals surface area contributed by atoms with E-state index < -0.39 is 61.0 Å². The van der Waals surface area contributed by atoms with Crippen LogP contribution in [0.25, 0.3) is 0 Å². The Hall–Kier alpha value is -3.40. The lowest BCUT2D eigenvalue weighted by molar-refractivity contribution is -0.136. The van der Waals surface area contributed by atoms with Crippen LogP contribution in [0.3, 0.4) is 0 Å². The smallest absolute Gasteiger partial charge is 0.243 e. The molecule has 7 atom stereocenters. The Balaban J connectivity index is 1.55. The maximum Gasteiger partial charge on any atom is 0.243 e. The van der Waals surface area contributed by atoms with Crippen molar-refractivity contribution < 1.29 is 39.9 Å². The number of imidazole rings is 1. The van der Waals surface area contributed by atoms with E-state index in [4.69, 9.17) is 5.73 Å². The summed E-state index contributed by atoms with van der Waals surface area (Å²) in [4.78, 5) is 48.3. The molecule has 1 aromatic heterocycles. The lowest BCUT2D eigenvalue weighted by Crippen LogP contribution is -2.60. The topological polar surface area (TPSA) is 243 Å². The van der Waals surface area contributed by atoms with Gasteiger partial charge in [0.15, 0.2) is 0 Å². The minimum absolute atomic E-state index is 0.00470. The zero-order valence-electron chi connectivity index (χ0n) is 28.0. The van der Waals surface area contributed by atoms with Gasteiger partial charge in [-0.25, -0.2) is 4.98 Å². The van der Waals surface area contributed by atoms with Crippen molar-refractivity contribution in [1.29, 1.82) is 0 Å². The van der Waals surface area contributed by atoms with Crippen LogP contribution >= 0.6 is 0 Å². The third-order valence-electron chi connectivity index (χ3n) is 10.0. The van der Waals surface area contributed by atoms with Crippen molar-refractivity contribution in [2.75, 3.05) is 6.61 Å². The van der Waals surface area contributed by atoms with Gasteiger partial charge in [0, 0.05) is 36.7 Å². The highest BCUT2D eigenvalue weighted by Crippen LogP contribution is 2.29. The van der Waals surface area contributed by atoms with Gasteiger partial charge in [-0.1, -0.05) is 62.4 Å². The molecule has 49 heavy (non-hydrogen) atoms. The predicted molar refractivity (Wildman–Crippen MR) is 180 cm³/mol. The van der Waals surface area contributed by atoms with Crippen LogP contribution in [-0.4, -0.2) is 108 Å². The number of hydrogen-bond acceptors (Lipinski definition) is 10. The van der Waals surface area contributed by atoms with E-state index in [1.54, 1.807) is 0 Å². The van der Waals surface area contributed by atoms with Gasteiger partial charge in [0.1, 0.15) is 36.5 Å². The van der Waals surface area contributed by atoms with Gasteiger partial charge in [0.05, 0.1) is 19.0 Å². The molecule has 2 fully saturated rings. The second kappa shape index (κ2) is 19.1. The quantitative estimate of drug-likeness (QED) is 0.103. The number of H-pyrrole nitrogens is 1. The number of aromatic amines is 1. The molecule has 2 aliphatic carbocycles. The molecule has 2 saturated carbocycles. The zero-order chi connectivity index (χ0) is 35.3. The number of nitrogens with one attached hydrogen (secondary N) is 4. The molecule has 11 N–H and O–H groups in total. The average molecular weight is 687 g/mol. The fraction of sp³-hybridized carbons (Fsp3) is 0.657. The molecule has 0 aliphatic heterocycles. The number of benzene rings is 1. The summed E-state index contributed by atoms with van der Waals surface area (Å²) in [7, 11) is 0. The fourth-order valence-corrected chi connectivity index (χ4v) is 6.95. The van der Waals surface area contributed by atoms with Crippen molar-refractivity contribution >= 4 is 17.7 Å². The number of rotatable bonds is 17. The molecule has 0 spiro atoms. The van der Waals surface area contributed by atoms with Crippen molar-refractivity contribution in [1.82, 2.24) is 25.9 Å². The fourth-order valence-electron chi connectivity index (χ4n) is 6.95. The lowest BCUT2D eigenvalue weighted by atomic mass is 9.82. The molecular formula is C35H54N6O8. The lowest BCUT2D eigenvalue weighted by Gasteiger charge is -2.35. The highest BCUT2D eigenvalue weighted by molar-refractivity contribution is 5.93. The molecule has 272 valence electrons. The Bertz CT molecular complexity index is 1290. The Kier molecular flexibility index (Phi) is 15.0. The van der Waals surface area contributed by atoms with E-state index in [2.05, 4.69) is 25.9 Å². The standard InChI is InChI=1S/C35H54N6O8/c36-24-13-11-23(12-14-24)33(47)40-27(16-22-9-5-2-6-10-22)34(48)41-28(17-25-18-37-20-38-25)35(49)39-26(15-21-7-3-1-4-8-21)30(44)32(46)31(45)29(43)19-42/h2,5-6,9-10,18,20-21,23-24,26-32,42-46H,1,3-4,7-8,11-17,19,36H2,(H,37,38)(H,39,49)(H,40,47)(H,41,48)/t23?,24?,26-,27-,28?,29+,30+,31+,32+/m0/s1. The van der Waals surface area contributed by atoms with E-state index in [1.165, 1.54) is 12.5 Å². The molecule has 2 aliphatic rings. The molecule has 0 radical (unpaired) electrons. The van der Waals surface area contributed by atoms with Gasteiger partial charge < -0.3 is 52.2 Å². The van der Waals surface area contributed by atoms with Crippen LogP contribution in [0.4, 0.5) is 0 Å². The number of nitrogens with two attached hydrogens (primary N) is 1. The number of carbonyl (C=O) groups is 3. The molecule has 4 rings (SSSR count). The number of nitrogens with zero attached hydrogens (tertiary/aromatic N) is 1. The average Bonchev–Trinajstić information content (AvgIpc) is 3.63. The number of aromatic nitrogens is 2. The summed E-state index contributed by atoms with van der Waals surface area (Å²) in [6, 6.07) is 6.06. The highest BCUT2D eigenvalue weighted by Gasteiger charge is 2.38. The SMILES string of the molecule is NC1CCC(C(=O)N[C@@H](Cc2ccccc2)C(=O)NC(Cc2cnc[nH]2)C(=O)N[C@@H](CC2CCCCC2)[C@@H](O)[C@@H](O)[C@H](O)[C@H](O)CO)CC1. The van der Waals surface area contributed by atoms with Crippen LogP contribution < -0.4 is 21.7 Å². The van der Waals surface area contributed by atoms with Gasteiger partial charge in [-0.05, 0) is 43.6 Å². The van der Waals surface area contributed by atoms with Crippen LogP contribution in [0.5, 0.6) is 0 Å². The molecule has 0 bridgehead atoms. The van der Waals surface area contributed by atoms with E-state index in [1.807, 2.05) is 30.3 Å². The third kappa shape index (κ3) is 11.6. The number of aliphatic hydroxyl groups excluding tert-OH is 5. The maximum absolute atomic E-state index is 14.0.